The number of carbonyl (C=O) groups is 1. The molecule has 2 rings (SSSR count). The van der Waals surface area contributed by atoms with E-state index >= 15 is 0 Å². The number of Topliss-reactive ketones (excluding diaryl/α,β-unsaturated/α-hetero) is 1. The van der Waals surface area contributed by atoms with Gasteiger partial charge in [0.15, 0.2) is 0 Å². The van der Waals surface area contributed by atoms with E-state index in [1.54, 1.807) is 7.11 Å². The number of ether oxygens (including phenoxy) is 2. The van der Waals surface area contributed by atoms with Gasteiger partial charge in [0.25, 0.3) is 0 Å². The molecule has 0 atom stereocenters. The highest BCUT2D eigenvalue weighted by Gasteiger charge is 2.21. The summed E-state index contributed by atoms with van der Waals surface area (Å²) in [5, 5.41) is 0. The molecule has 1 aromatic rings. The van der Waals surface area contributed by atoms with Gasteiger partial charge in [0.1, 0.15) is 11.5 Å². The molecule has 3 heteroatoms. The van der Waals surface area contributed by atoms with Gasteiger partial charge < -0.3 is 9.47 Å². The minimum atomic E-state index is 0.176. The topological polar surface area (TPSA) is 35.5 Å². The number of methoxy groups -OCH3 is 1. The van der Waals surface area contributed by atoms with E-state index in [0.29, 0.717) is 25.4 Å². The Bertz CT molecular complexity index is 381. The van der Waals surface area contributed by atoms with Crippen molar-refractivity contribution in [3.8, 4) is 5.75 Å². The van der Waals surface area contributed by atoms with Gasteiger partial charge in [-0.25, -0.2) is 0 Å². The van der Waals surface area contributed by atoms with Crippen molar-refractivity contribution in [1.29, 1.82) is 0 Å². The van der Waals surface area contributed by atoms with Crippen LogP contribution in [-0.4, -0.2) is 26.1 Å². The number of hydrogen-bond donors (Lipinski definition) is 0. The predicted molar refractivity (Wildman–Crippen MR) is 65.2 cm³/mol. The zero-order valence-corrected chi connectivity index (χ0v) is 10.1. The first-order valence-electron chi connectivity index (χ1n) is 6.03. The van der Waals surface area contributed by atoms with Gasteiger partial charge in [0, 0.05) is 25.6 Å². The normalized spacial score (nSPS) is 16.8. The zero-order chi connectivity index (χ0) is 12.1. The molecule has 0 bridgehead atoms. The second kappa shape index (κ2) is 5.82. The third-order valence-electron chi connectivity index (χ3n) is 3.19. The molecular formula is C14H18O3. The van der Waals surface area contributed by atoms with Crippen molar-refractivity contribution in [2.75, 3.05) is 20.3 Å². The van der Waals surface area contributed by atoms with E-state index in [0.717, 1.165) is 24.2 Å². The molecule has 0 N–H and O–H groups in total. The number of carbonyl (C=O) groups excluding carboxylic acids is 1. The summed E-state index contributed by atoms with van der Waals surface area (Å²) in [6, 6.07) is 7.71. The second-order valence-corrected chi connectivity index (χ2v) is 4.38. The van der Waals surface area contributed by atoms with Gasteiger partial charge in [0.05, 0.1) is 7.11 Å². The summed E-state index contributed by atoms with van der Waals surface area (Å²) in [6.07, 6.45) is 2.23. The van der Waals surface area contributed by atoms with Gasteiger partial charge in [-0.1, -0.05) is 12.1 Å². The van der Waals surface area contributed by atoms with Crippen molar-refractivity contribution in [2.24, 2.45) is 5.92 Å². The molecule has 1 aromatic carbocycles. The lowest BCUT2D eigenvalue weighted by molar-refractivity contribution is -0.125. The van der Waals surface area contributed by atoms with E-state index in [2.05, 4.69) is 0 Å². The molecule has 17 heavy (non-hydrogen) atoms. The zero-order valence-electron chi connectivity index (χ0n) is 10.1. The molecule has 0 amide bonds. The second-order valence-electron chi connectivity index (χ2n) is 4.38. The Morgan fingerprint density at radius 3 is 2.88 bits per heavy atom. The molecule has 0 aromatic heterocycles. The summed E-state index contributed by atoms with van der Waals surface area (Å²) in [7, 11) is 1.64. The minimum absolute atomic E-state index is 0.176. The van der Waals surface area contributed by atoms with Gasteiger partial charge >= 0.3 is 0 Å². The van der Waals surface area contributed by atoms with E-state index in [-0.39, 0.29) is 5.92 Å². The van der Waals surface area contributed by atoms with Crippen LogP contribution in [0.1, 0.15) is 18.4 Å². The first kappa shape index (κ1) is 12.1. The average molecular weight is 234 g/mol. The van der Waals surface area contributed by atoms with E-state index in [4.69, 9.17) is 9.47 Å². The standard InChI is InChI=1S/C14H18O3/c1-16-13-4-2-3-11(9-13)10-14(15)12-5-7-17-8-6-12/h2-4,9,12H,5-8,10H2,1H3. The molecule has 1 heterocycles. The summed E-state index contributed by atoms with van der Waals surface area (Å²) >= 11 is 0. The predicted octanol–water partition coefficient (Wildman–Crippen LogP) is 2.23. The maximum Gasteiger partial charge on any atom is 0.140 e. The fourth-order valence-corrected chi connectivity index (χ4v) is 2.15. The summed E-state index contributed by atoms with van der Waals surface area (Å²) in [4.78, 5) is 12.1. The van der Waals surface area contributed by atoms with Gasteiger partial charge in [-0.3, -0.25) is 4.79 Å². The molecule has 1 aliphatic heterocycles. The van der Waals surface area contributed by atoms with Crippen LogP contribution in [0.4, 0.5) is 0 Å². The highest BCUT2D eigenvalue weighted by atomic mass is 16.5. The van der Waals surface area contributed by atoms with Crippen molar-refractivity contribution in [3.63, 3.8) is 0 Å². The van der Waals surface area contributed by atoms with Gasteiger partial charge in [-0.2, -0.15) is 0 Å². The maximum absolute atomic E-state index is 12.1. The Kier molecular flexibility index (Phi) is 4.15. The van der Waals surface area contributed by atoms with Crippen molar-refractivity contribution in [3.05, 3.63) is 29.8 Å². The summed E-state index contributed by atoms with van der Waals surface area (Å²) in [5.74, 6) is 1.30. The number of rotatable bonds is 4. The van der Waals surface area contributed by atoms with Crippen LogP contribution in [0.15, 0.2) is 24.3 Å². The lowest BCUT2D eigenvalue weighted by atomic mass is 9.91. The molecule has 0 unspecified atom stereocenters. The van der Waals surface area contributed by atoms with Crippen LogP contribution >= 0.6 is 0 Å². The van der Waals surface area contributed by atoms with Crippen LogP contribution in [0.3, 0.4) is 0 Å². The maximum atomic E-state index is 12.1. The van der Waals surface area contributed by atoms with E-state index in [9.17, 15) is 4.79 Å². The quantitative estimate of drug-likeness (QED) is 0.801. The van der Waals surface area contributed by atoms with Crippen LogP contribution in [0, 0.1) is 5.92 Å². The number of ketones is 1. The average Bonchev–Trinajstić information content (AvgIpc) is 2.40. The fourth-order valence-electron chi connectivity index (χ4n) is 2.15. The molecule has 1 saturated heterocycles. The van der Waals surface area contributed by atoms with E-state index in [1.165, 1.54) is 0 Å². The van der Waals surface area contributed by atoms with E-state index in [1.807, 2.05) is 24.3 Å². The molecule has 1 fully saturated rings. The summed E-state index contributed by atoms with van der Waals surface area (Å²) in [6.45, 7) is 1.43. The largest absolute Gasteiger partial charge is 0.497 e. The fraction of sp³-hybridized carbons (Fsp3) is 0.500. The highest BCUT2D eigenvalue weighted by molar-refractivity contribution is 5.83. The smallest absolute Gasteiger partial charge is 0.140 e. The molecule has 0 spiro atoms. The van der Waals surface area contributed by atoms with Gasteiger partial charge in [0.2, 0.25) is 0 Å². The monoisotopic (exact) mass is 234 g/mol. The van der Waals surface area contributed by atoms with Crippen molar-refractivity contribution >= 4 is 5.78 Å². The Hall–Kier alpha value is -1.35. The molecule has 0 aliphatic carbocycles. The lowest BCUT2D eigenvalue weighted by Crippen LogP contribution is -2.24. The van der Waals surface area contributed by atoms with Gasteiger partial charge in [-0.15, -0.1) is 0 Å². The van der Waals surface area contributed by atoms with Crippen molar-refractivity contribution in [2.45, 2.75) is 19.3 Å². The summed E-state index contributed by atoms with van der Waals surface area (Å²) in [5.41, 5.74) is 1.03. The van der Waals surface area contributed by atoms with E-state index < -0.39 is 0 Å². The summed E-state index contributed by atoms with van der Waals surface area (Å²) < 4.78 is 10.4. The highest BCUT2D eigenvalue weighted by Crippen LogP contribution is 2.19. The molecule has 3 nitrogen and oxygen atoms in total. The van der Waals surface area contributed by atoms with Gasteiger partial charge in [-0.05, 0) is 30.5 Å². The third kappa shape index (κ3) is 3.30. The lowest BCUT2D eigenvalue weighted by Gasteiger charge is -2.20. The minimum Gasteiger partial charge on any atom is -0.497 e. The van der Waals surface area contributed by atoms with Crippen LogP contribution in [0.5, 0.6) is 5.75 Å². The Labute approximate surface area is 102 Å². The Morgan fingerprint density at radius 2 is 2.18 bits per heavy atom. The molecule has 1 aliphatic rings. The molecule has 0 saturated carbocycles. The number of benzene rings is 1. The first-order chi connectivity index (χ1) is 8.29. The van der Waals surface area contributed by atoms with Crippen LogP contribution in [0.2, 0.25) is 0 Å². The molecule has 0 radical (unpaired) electrons. The van der Waals surface area contributed by atoms with Crippen molar-refractivity contribution < 1.29 is 14.3 Å². The SMILES string of the molecule is COc1cccc(CC(=O)C2CCOCC2)c1. The Balaban J connectivity index is 1.96. The van der Waals surface area contributed by atoms with Crippen molar-refractivity contribution in [1.82, 2.24) is 0 Å². The number of hydrogen-bond acceptors (Lipinski definition) is 3. The molecule has 92 valence electrons. The Morgan fingerprint density at radius 1 is 1.41 bits per heavy atom. The third-order valence-corrected chi connectivity index (χ3v) is 3.19. The van der Waals surface area contributed by atoms with Crippen LogP contribution in [-0.2, 0) is 16.0 Å². The van der Waals surface area contributed by atoms with Crippen LogP contribution in [0.25, 0.3) is 0 Å². The molecular weight excluding hydrogens is 216 g/mol. The first-order valence-corrected chi connectivity index (χ1v) is 6.03. The van der Waals surface area contributed by atoms with Crippen LogP contribution < -0.4 is 4.74 Å².